The van der Waals surface area contributed by atoms with E-state index in [2.05, 4.69) is 0 Å². The number of nitro benzene ring substituents is 1. The number of rotatable bonds is 3. The SMILES string of the molecule is N#C/C(=C/c1ccco1)c1ccc([N+](=O)[O-])cc1. The Kier molecular flexibility index (Phi) is 3.21. The molecule has 0 bridgehead atoms. The molecule has 0 saturated carbocycles. The highest BCUT2D eigenvalue weighted by atomic mass is 16.6. The van der Waals surface area contributed by atoms with E-state index in [9.17, 15) is 10.1 Å². The van der Waals surface area contributed by atoms with Gasteiger partial charge in [-0.3, -0.25) is 10.1 Å². The van der Waals surface area contributed by atoms with Crippen LogP contribution in [-0.2, 0) is 0 Å². The first kappa shape index (κ1) is 11.6. The average molecular weight is 240 g/mol. The van der Waals surface area contributed by atoms with Crippen LogP contribution in [0.1, 0.15) is 11.3 Å². The highest BCUT2D eigenvalue weighted by molar-refractivity contribution is 5.88. The fourth-order valence-corrected chi connectivity index (χ4v) is 1.46. The summed E-state index contributed by atoms with van der Waals surface area (Å²) in [5.74, 6) is 0.560. The van der Waals surface area contributed by atoms with Gasteiger partial charge >= 0.3 is 0 Å². The number of benzene rings is 1. The molecule has 0 atom stereocenters. The van der Waals surface area contributed by atoms with Crippen LogP contribution in [0.4, 0.5) is 5.69 Å². The van der Waals surface area contributed by atoms with Gasteiger partial charge in [0.15, 0.2) is 0 Å². The summed E-state index contributed by atoms with van der Waals surface area (Å²) in [6.07, 6.45) is 3.10. The molecule has 0 N–H and O–H groups in total. The number of hydrogen-bond donors (Lipinski definition) is 0. The zero-order valence-corrected chi connectivity index (χ0v) is 9.24. The summed E-state index contributed by atoms with van der Waals surface area (Å²) in [6, 6.07) is 11.3. The molecule has 0 radical (unpaired) electrons. The number of allylic oxidation sites excluding steroid dienone is 1. The van der Waals surface area contributed by atoms with Gasteiger partial charge in [-0.05, 0) is 35.9 Å². The number of non-ortho nitro benzene ring substituents is 1. The Labute approximate surface area is 103 Å². The van der Waals surface area contributed by atoms with Gasteiger partial charge in [-0.1, -0.05) is 0 Å². The molecule has 0 aliphatic rings. The normalized spacial score (nSPS) is 10.9. The van der Waals surface area contributed by atoms with E-state index in [1.54, 1.807) is 18.2 Å². The van der Waals surface area contributed by atoms with Crippen molar-refractivity contribution in [1.82, 2.24) is 0 Å². The third-order valence-electron chi connectivity index (χ3n) is 2.34. The van der Waals surface area contributed by atoms with Gasteiger partial charge in [-0.2, -0.15) is 5.26 Å². The maximum absolute atomic E-state index is 10.5. The van der Waals surface area contributed by atoms with Gasteiger partial charge in [0.05, 0.1) is 22.8 Å². The van der Waals surface area contributed by atoms with Crippen LogP contribution in [0.2, 0.25) is 0 Å². The Bertz CT molecular complexity index is 619. The second-order valence-corrected chi connectivity index (χ2v) is 3.49. The van der Waals surface area contributed by atoms with E-state index in [1.807, 2.05) is 6.07 Å². The highest BCUT2D eigenvalue weighted by Crippen LogP contribution is 2.20. The van der Waals surface area contributed by atoms with Gasteiger partial charge in [-0.25, -0.2) is 0 Å². The van der Waals surface area contributed by atoms with Crippen molar-refractivity contribution >= 4 is 17.3 Å². The monoisotopic (exact) mass is 240 g/mol. The summed E-state index contributed by atoms with van der Waals surface area (Å²) >= 11 is 0. The van der Waals surface area contributed by atoms with Gasteiger partial charge < -0.3 is 4.42 Å². The average Bonchev–Trinajstić information content (AvgIpc) is 2.89. The van der Waals surface area contributed by atoms with Crippen LogP contribution < -0.4 is 0 Å². The lowest BCUT2D eigenvalue weighted by molar-refractivity contribution is -0.384. The van der Waals surface area contributed by atoms with E-state index < -0.39 is 4.92 Å². The molecule has 0 aliphatic heterocycles. The van der Waals surface area contributed by atoms with Crippen molar-refractivity contribution < 1.29 is 9.34 Å². The molecule has 5 heteroatoms. The summed E-state index contributed by atoms with van der Waals surface area (Å²) in [5.41, 5.74) is 0.994. The maximum atomic E-state index is 10.5. The predicted octanol–water partition coefficient (Wildman–Crippen LogP) is 3.25. The third-order valence-corrected chi connectivity index (χ3v) is 2.34. The predicted molar refractivity (Wildman–Crippen MR) is 65.3 cm³/mol. The molecule has 1 aromatic heterocycles. The first-order valence-electron chi connectivity index (χ1n) is 5.11. The zero-order valence-electron chi connectivity index (χ0n) is 9.24. The molecular weight excluding hydrogens is 232 g/mol. The van der Waals surface area contributed by atoms with Crippen LogP contribution >= 0.6 is 0 Å². The molecule has 0 saturated heterocycles. The van der Waals surface area contributed by atoms with Gasteiger partial charge in [0.2, 0.25) is 0 Å². The second-order valence-electron chi connectivity index (χ2n) is 3.49. The van der Waals surface area contributed by atoms with Crippen molar-refractivity contribution in [3.8, 4) is 6.07 Å². The van der Waals surface area contributed by atoms with Crippen LogP contribution in [0.3, 0.4) is 0 Å². The van der Waals surface area contributed by atoms with Crippen LogP contribution in [0, 0.1) is 21.4 Å². The molecule has 88 valence electrons. The van der Waals surface area contributed by atoms with Gasteiger partial charge in [-0.15, -0.1) is 0 Å². The maximum Gasteiger partial charge on any atom is 0.269 e. The lowest BCUT2D eigenvalue weighted by Gasteiger charge is -1.98. The highest BCUT2D eigenvalue weighted by Gasteiger charge is 2.07. The minimum absolute atomic E-state index is 0.00552. The fourth-order valence-electron chi connectivity index (χ4n) is 1.46. The van der Waals surface area contributed by atoms with Crippen molar-refractivity contribution in [2.45, 2.75) is 0 Å². The van der Waals surface area contributed by atoms with E-state index in [0.29, 0.717) is 16.9 Å². The van der Waals surface area contributed by atoms with E-state index >= 15 is 0 Å². The lowest BCUT2D eigenvalue weighted by Crippen LogP contribution is -1.88. The number of furan rings is 1. The van der Waals surface area contributed by atoms with Crippen LogP contribution in [0.25, 0.3) is 11.6 Å². The van der Waals surface area contributed by atoms with Crippen molar-refractivity contribution in [2.24, 2.45) is 0 Å². The fraction of sp³-hybridized carbons (Fsp3) is 0. The minimum Gasteiger partial charge on any atom is -0.465 e. The molecule has 0 unspecified atom stereocenters. The molecule has 0 amide bonds. The first-order chi connectivity index (χ1) is 8.70. The minimum atomic E-state index is -0.480. The largest absolute Gasteiger partial charge is 0.465 e. The number of nitro groups is 1. The second kappa shape index (κ2) is 4.97. The number of nitriles is 1. The van der Waals surface area contributed by atoms with Crippen LogP contribution in [0.5, 0.6) is 0 Å². The Balaban J connectivity index is 2.35. The zero-order chi connectivity index (χ0) is 13.0. The first-order valence-corrected chi connectivity index (χ1v) is 5.11. The molecule has 1 heterocycles. The third kappa shape index (κ3) is 2.44. The van der Waals surface area contributed by atoms with Crippen molar-refractivity contribution in [3.05, 3.63) is 64.1 Å². The molecule has 5 nitrogen and oxygen atoms in total. The van der Waals surface area contributed by atoms with Gasteiger partial charge in [0, 0.05) is 12.1 Å². The van der Waals surface area contributed by atoms with Crippen LogP contribution in [0.15, 0.2) is 47.1 Å². The molecule has 18 heavy (non-hydrogen) atoms. The Morgan fingerprint density at radius 1 is 1.33 bits per heavy atom. The molecule has 2 rings (SSSR count). The van der Waals surface area contributed by atoms with E-state index in [4.69, 9.17) is 9.68 Å². The molecule has 0 spiro atoms. The molecule has 0 aliphatic carbocycles. The molecule has 0 fully saturated rings. The number of hydrogen-bond acceptors (Lipinski definition) is 4. The summed E-state index contributed by atoms with van der Waals surface area (Å²) in [5, 5.41) is 19.6. The smallest absolute Gasteiger partial charge is 0.269 e. The lowest BCUT2D eigenvalue weighted by atomic mass is 10.1. The molecule has 1 aromatic carbocycles. The molecule has 2 aromatic rings. The number of nitrogens with zero attached hydrogens (tertiary/aromatic N) is 2. The molecular formula is C13H8N2O3. The Morgan fingerprint density at radius 2 is 2.06 bits per heavy atom. The van der Waals surface area contributed by atoms with Crippen molar-refractivity contribution in [1.29, 1.82) is 5.26 Å². The van der Waals surface area contributed by atoms with E-state index in [1.165, 1.54) is 30.5 Å². The van der Waals surface area contributed by atoms with E-state index in [-0.39, 0.29) is 5.69 Å². The van der Waals surface area contributed by atoms with Gasteiger partial charge in [0.1, 0.15) is 5.76 Å². The standard InChI is InChI=1S/C13H8N2O3/c14-9-11(8-13-2-1-7-18-13)10-3-5-12(6-4-10)15(16)17/h1-8H/b11-8-. The summed E-state index contributed by atoms with van der Waals surface area (Å²) in [4.78, 5) is 10.0. The Morgan fingerprint density at radius 3 is 2.56 bits per heavy atom. The van der Waals surface area contributed by atoms with Gasteiger partial charge in [0.25, 0.3) is 5.69 Å². The topological polar surface area (TPSA) is 80.1 Å². The summed E-state index contributed by atoms with van der Waals surface area (Å²) in [6.45, 7) is 0. The summed E-state index contributed by atoms with van der Waals surface area (Å²) in [7, 11) is 0. The quantitative estimate of drug-likeness (QED) is 0.468. The van der Waals surface area contributed by atoms with E-state index in [0.717, 1.165) is 0 Å². The van der Waals surface area contributed by atoms with Crippen LogP contribution in [-0.4, -0.2) is 4.92 Å². The summed E-state index contributed by atoms with van der Waals surface area (Å²) < 4.78 is 5.11. The van der Waals surface area contributed by atoms with Crippen molar-refractivity contribution in [2.75, 3.05) is 0 Å². The Hall–Kier alpha value is -2.87. The van der Waals surface area contributed by atoms with Crippen molar-refractivity contribution in [3.63, 3.8) is 0 Å².